The van der Waals surface area contributed by atoms with Gasteiger partial charge < -0.3 is 21.3 Å². The van der Waals surface area contributed by atoms with E-state index in [1.807, 2.05) is 26.0 Å². The van der Waals surface area contributed by atoms with Gasteiger partial charge in [0.05, 0.1) is 35.1 Å². The van der Waals surface area contributed by atoms with Crippen LogP contribution < -0.4 is 16.4 Å². The monoisotopic (exact) mass is 739 g/mol. The summed E-state index contributed by atoms with van der Waals surface area (Å²) >= 11 is 0. The lowest BCUT2D eigenvalue weighted by atomic mass is 9.85. The number of urea groups is 1. The second-order valence-corrected chi connectivity index (χ2v) is 14.1. The number of nitrogens with one attached hydrogen (secondary N) is 2. The van der Waals surface area contributed by atoms with Gasteiger partial charge in [0.2, 0.25) is 6.08 Å². The van der Waals surface area contributed by atoms with E-state index in [0.717, 1.165) is 61.8 Å². The Hall–Kier alpha value is -4.99. The van der Waals surface area contributed by atoms with Crippen LogP contribution in [0.4, 0.5) is 36.3 Å². The molecule has 288 valence electrons. The van der Waals surface area contributed by atoms with Gasteiger partial charge in [-0.1, -0.05) is 69.2 Å². The first-order valence-corrected chi connectivity index (χ1v) is 19.3. The summed E-state index contributed by atoms with van der Waals surface area (Å²) in [6.45, 7) is 7.04. The number of nitrogens with two attached hydrogens (primary N) is 1. The molecule has 4 N–H and O–H groups in total. The van der Waals surface area contributed by atoms with Crippen molar-refractivity contribution in [3.8, 4) is 0 Å². The molecule has 2 aromatic heterocycles. The van der Waals surface area contributed by atoms with Crippen LogP contribution in [0.5, 0.6) is 0 Å². The summed E-state index contributed by atoms with van der Waals surface area (Å²) in [5.74, 6) is 0.317. The topological polar surface area (TPSA) is 126 Å². The van der Waals surface area contributed by atoms with Gasteiger partial charge in [-0.05, 0) is 125 Å². The second-order valence-electron chi connectivity index (χ2n) is 14.1. The maximum absolute atomic E-state index is 14.7. The minimum atomic E-state index is -0.481. The number of nitrogens with zero attached hydrogens (tertiary/aromatic N) is 4. The van der Waals surface area contributed by atoms with E-state index in [0.29, 0.717) is 23.4 Å². The number of carbonyl (C=O) groups excluding carboxylic acids is 2. The fourth-order valence-corrected chi connectivity index (χ4v) is 6.80. The van der Waals surface area contributed by atoms with Crippen LogP contribution in [0, 0.1) is 31.4 Å². The number of benzene rings is 2. The van der Waals surface area contributed by atoms with Crippen molar-refractivity contribution in [2.45, 2.75) is 97.3 Å². The highest BCUT2D eigenvalue weighted by Crippen LogP contribution is 2.28. The lowest BCUT2D eigenvalue weighted by Gasteiger charge is -2.26. The predicted molar refractivity (Wildman–Crippen MR) is 214 cm³/mol. The van der Waals surface area contributed by atoms with Crippen molar-refractivity contribution in [1.29, 1.82) is 0 Å². The average molecular weight is 740 g/mol. The Bertz CT molecular complexity index is 1770. The van der Waals surface area contributed by atoms with Crippen molar-refractivity contribution in [3.63, 3.8) is 0 Å². The summed E-state index contributed by atoms with van der Waals surface area (Å²) in [5, 5.41) is 5.25. The van der Waals surface area contributed by atoms with E-state index in [-0.39, 0.29) is 23.0 Å². The van der Waals surface area contributed by atoms with E-state index in [2.05, 4.69) is 30.5 Å². The zero-order valence-corrected chi connectivity index (χ0v) is 31.8. The molecular weight excluding hydrogens is 685 g/mol. The van der Waals surface area contributed by atoms with Gasteiger partial charge in [0.25, 0.3) is 0 Å². The van der Waals surface area contributed by atoms with Crippen LogP contribution in [0.25, 0.3) is 0 Å². The molecule has 0 atom stereocenters. The minimum Gasteiger partial charge on any atom is -0.396 e. The summed E-state index contributed by atoms with van der Waals surface area (Å²) in [6.07, 6.45) is 20.1. The Labute approximate surface area is 318 Å². The Balaban J connectivity index is 0.000000204. The van der Waals surface area contributed by atoms with Crippen molar-refractivity contribution in [2.75, 3.05) is 36.0 Å². The Kier molecular flexibility index (Phi) is 17.7. The molecule has 0 radical (unpaired) electrons. The molecule has 2 aliphatic rings. The number of nitrogen functional groups attached to an aromatic ring is 1. The number of halogens is 2. The van der Waals surface area contributed by atoms with Crippen molar-refractivity contribution in [2.24, 2.45) is 10.9 Å². The maximum atomic E-state index is 14.7. The van der Waals surface area contributed by atoms with Gasteiger partial charge in [-0.3, -0.25) is 9.97 Å². The van der Waals surface area contributed by atoms with Gasteiger partial charge in [-0.2, -0.15) is 4.99 Å². The number of likely N-dealkylation sites (tertiary alicyclic amines) is 1. The number of aliphatic imine (C=N–C) groups is 1. The summed E-state index contributed by atoms with van der Waals surface area (Å²) in [7, 11) is 0. The molecule has 0 spiro atoms. The molecule has 0 bridgehead atoms. The summed E-state index contributed by atoms with van der Waals surface area (Å²) in [4.78, 5) is 35.7. The lowest BCUT2D eigenvalue weighted by molar-refractivity contribution is 0.226. The van der Waals surface area contributed by atoms with Crippen LogP contribution in [0.1, 0.15) is 93.1 Å². The largest absolute Gasteiger partial charge is 0.396 e. The number of pyridine rings is 2. The van der Waals surface area contributed by atoms with Crippen molar-refractivity contribution >= 4 is 34.9 Å². The molecule has 11 heteroatoms. The van der Waals surface area contributed by atoms with Crippen molar-refractivity contribution < 1.29 is 18.4 Å². The average Bonchev–Trinajstić information content (AvgIpc) is 3.18. The SMILES string of the molecule is Cc1ccc(N=C=O)cn1.Cc1ccc(NC(=O)Nc2cccc(CCCN3CCCCC3)c2F)cn1.Nc1cccc(CCCC2CCCCC2)c1F. The maximum Gasteiger partial charge on any atom is 0.323 e. The first-order chi connectivity index (χ1) is 26.2. The van der Waals surface area contributed by atoms with E-state index in [4.69, 9.17) is 5.73 Å². The fourth-order valence-electron chi connectivity index (χ4n) is 6.80. The third-order valence-corrected chi connectivity index (χ3v) is 9.83. The third-order valence-electron chi connectivity index (χ3n) is 9.83. The van der Waals surface area contributed by atoms with E-state index in [9.17, 15) is 18.4 Å². The number of aromatic nitrogens is 2. The lowest BCUT2D eigenvalue weighted by Crippen LogP contribution is -2.30. The molecule has 1 aliphatic carbocycles. The molecule has 2 fully saturated rings. The van der Waals surface area contributed by atoms with Crippen LogP contribution in [-0.4, -0.2) is 46.6 Å². The van der Waals surface area contributed by atoms with Crippen LogP contribution in [0.3, 0.4) is 0 Å². The predicted octanol–water partition coefficient (Wildman–Crippen LogP) is 10.3. The van der Waals surface area contributed by atoms with E-state index in [1.54, 1.807) is 54.7 Å². The van der Waals surface area contributed by atoms with E-state index >= 15 is 0 Å². The number of hydrogen-bond donors (Lipinski definition) is 3. The van der Waals surface area contributed by atoms with Crippen molar-refractivity contribution in [1.82, 2.24) is 14.9 Å². The van der Waals surface area contributed by atoms with Gasteiger partial charge in [0.15, 0.2) is 0 Å². The molecule has 0 unspecified atom stereocenters. The highest BCUT2D eigenvalue weighted by atomic mass is 19.1. The highest BCUT2D eigenvalue weighted by Gasteiger charge is 2.15. The molecule has 6 rings (SSSR count). The highest BCUT2D eigenvalue weighted by molar-refractivity contribution is 5.99. The third kappa shape index (κ3) is 14.8. The molecule has 2 aromatic carbocycles. The summed E-state index contributed by atoms with van der Waals surface area (Å²) in [6, 6.07) is 17.1. The smallest absolute Gasteiger partial charge is 0.323 e. The molecule has 1 saturated heterocycles. The molecule has 9 nitrogen and oxygen atoms in total. The Morgan fingerprint density at radius 1 is 0.815 bits per heavy atom. The molecular formula is C43H55F2N7O2. The van der Waals surface area contributed by atoms with Crippen molar-refractivity contribution in [3.05, 3.63) is 107 Å². The molecule has 1 aliphatic heterocycles. The molecule has 4 aromatic rings. The van der Waals surface area contributed by atoms with Crippen LogP contribution in [0.2, 0.25) is 0 Å². The van der Waals surface area contributed by atoms with Gasteiger partial charge in [0, 0.05) is 11.4 Å². The number of carbonyl (C=O) groups is 1. The number of aryl methyl sites for hydroxylation is 4. The minimum absolute atomic E-state index is 0.197. The standard InChI is InChI=1S/C21H27FN4O.C15H22FN.C7H6N2O/c1-16-10-11-18(15-23-16)24-21(27)25-19-9-5-7-17(20(19)22)8-6-14-26-12-3-2-4-13-26;16-15-13(10-5-11-14(15)17)9-4-8-12-6-2-1-3-7-12;1-6-2-3-7(4-8-6)9-5-10/h5,7,9-11,15H,2-4,6,8,12-14H2,1H3,(H2,24,25,27);5,10-12H,1-4,6-9,17H2;2-4H,1H3. The van der Waals surface area contributed by atoms with E-state index < -0.39 is 6.03 Å². The van der Waals surface area contributed by atoms with Gasteiger partial charge in [-0.25, -0.2) is 18.4 Å². The number of hydrogen-bond acceptors (Lipinski definition) is 7. The van der Waals surface area contributed by atoms with Crippen LogP contribution in [0.15, 0.2) is 78.0 Å². The number of anilines is 3. The first kappa shape index (κ1) is 41.8. The zero-order valence-electron chi connectivity index (χ0n) is 31.8. The normalized spacial score (nSPS) is 14.4. The number of rotatable bonds is 11. The van der Waals surface area contributed by atoms with Gasteiger partial charge in [0.1, 0.15) is 11.6 Å². The fraction of sp³-hybridized carbons (Fsp3) is 0.442. The number of isocyanates is 1. The quantitative estimate of drug-likeness (QED) is 0.0799. The summed E-state index contributed by atoms with van der Waals surface area (Å²) < 4.78 is 28.4. The Morgan fingerprint density at radius 3 is 2.13 bits per heavy atom. The summed E-state index contributed by atoms with van der Waals surface area (Å²) in [5.41, 5.74) is 10.3. The zero-order chi connectivity index (χ0) is 38.5. The molecule has 54 heavy (non-hydrogen) atoms. The first-order valence-electron chi connectivity index (χ1n) is 19.3. The number of piperidine rings is 1. The van der Waals surface area contributed by atoms with Crippen LogP contribution in [-0.2, 0) is 17.6 Å². The molecule has 1 saturated carbocycles. The molecule has 2 amide bonds. The van der Waals surface area contributed by atoms with E-state index in [1.165, 1.54) is 70.1 Å². The van der Waals surface area contributed by atoms with Gasteiger partial charge >= 0.3 is 6.03 Å². The number of amides is 2. The second kappa shape index (κ2) is 22.9. The van der Waals surface area contributed by atoms with Gasteiger partial charge in [-0.15, -0.1) is 0 Å². The van der Waals surface area contributed by atoms with Crippen LogP contribution >= 0.6 is 0 Å². The Morgan fingerprint density at radius 2 is 1.46 bits per heavy atom. The molecule has 3 heterocycles.